The highest BCUT2D eigenvalue weighted by molar-refractivity contribution is 7.86. The van der Waals surface area contributed by atoms with Gasteiger partial charge < -0.3 is 0 Å². The van der Waals surface area contributed by atoms with Gasteiger partial charge >= 0.3 is 0 Å². The lowest BCUT2D eigenvalue weighted by Gasteiger charge is -2.29. The first-order valence-corrected chi connectivity index (χ1v) is 7.72. The normalized spacial score (nSPS) is 22.0. The van der Waals surface area contributed by atoms with E-state index in [1.54, 1.807) is 11.4 Å². The molecule has 0 aromatic heterocycles. The van der Waals surface area contributed by atoms with E-state index in [0.29, 0.717) is 19.0 Å². The van der Waals surface area contributed by atoms with Crippen LogP contribution in [0, 0.1) is 0 Å². The molecule has 1 heterocycles. The van der Waals surface area contributed by atoms with Crippen LogP contribution in [0.4, 0.5) is 0 Å². The van der Waals surface area contributed by atoms with Crippen molar-refractivity contribution in [1.29, 1.82) is 0 Å². The molecule has 0 spiro atoms. The summed E-state index contributed by atoms with van der Waals surface area (Å²) in [5.74, 6) is 0.323. The van der Waals surface area contributed by atoms with Crippen LogP contribution < -0.4 is 0 Å². The van der Waals surface area contributed by atoms with Crippen LogP contribution in [0.25, 0.3) is 0 Å². The van der Waals surface area contributed by atoms with Crippen molar-refractivity contribution < 1.29 is 8.42 Å². The van der Waals surface area contributed by atoms with Crippen molar-refractivity contribution in [1.82, 2.24) is 8.61 Å². The van der Waals surface area contributed by atoms with Crippen molar-refractivity contribution in [2.24, 2.45) is 0 Å². The van der Waals surface area contributed by atoms with Gasteiger partial charge in [0.2, 0.25) is 0 Å². The van der Waals surface area contributed by atoms with Gasteiger partial charge in [-0.3, -0.25) is 0 Å². The van der Waals surface area contributed by atoms with Crippen molar-refractivity contribution in [2.45, 2.75) is 38.6 Å². The molecule has 6 heteroatoms. The molecule has 0 N–H and O–H groups in total. The van der Waals surface area contributed by atoms with Crippen LogP contribution in [-0.2, 0) is 10.2 Å². The molecule has 0 bridgehead atoms. The van der Waals surface area contributed by atoms with E-state index in [4.69, 9.17) is 11.6 Å². The third kappa shape index (κ3) is 3.32. The molecule has 0 radical (unpaired) electrons. The molecule has 0 aromatic carbocycles. The summed E-state index contributed by atoms with van der Waals surface area (Å²) < 4.78 is 27.4. The number of hydrogen-bond donors (Lipinski definition) is 0. The largest absolute Gasteiger partial charge is 0.282 e. The summed E-state index contributed by atoms with van der Waals surface area (Å²) in [5, 5.41) is 0. The van der Waals surface area contributed by atoms with E-state index in [-0.39, 0.29) is 6.04 Å². The summed E-state index contributed by atoms with van der Waals surface area (Å²) in [4.78, 5) is 0. The molecule has 1 atom stereocenters. The second kappa shape index (κ2) is 6.19. The second-order valence-electron chi connectivity index (χ2n) is 4.34. The van der Waals surface area contributed by atoms with Crippen LogP contribution >= 0.6 is 11.6 Å². The molecule has 0 aromatic rings. The van der Waals surface area contributed by atoms with Crippen LogP contribution in [0.15, 0.2) is 0 Å². The van der Waals surface area contributed by atoms with Gasteiger partial charge in [-0.15, -0.1) is 11.6 Å². The first kappa shape index (κ1) is 14.2. The van der Waals surface area contributed by atoms with Crippen molar-refractivity contribution in [3.05, 3.63) is 0 Å². The van der Waals surface area contributed by atoms with Crippen molar-refractivity contribution in [3.63, 3.8) is 0 Å². The maximum absolute atomic E-state index is 12.2. The summed E-state index contributed by atoms with van der Waals surface area (Å²) in [6, 6.07) is -0.157. The number of nitrogens with zero attached hydrogens (tertiary/aromatic N) is 2. The van der Waals surface area contributed by atoms with Gasteiger partial charge in [-0.2, -0.15) is 17.0 Å². The quantitative estimate of drug-likeness (QED) is 0.728. The van der Waals surface area contributed by atoms with E-state index in [0.717, 1.165) is 25.7 Å². The molecular formula is C10H21ClN2O2S. The topological polar surface area (TPSA) is 40.6 Å². The molecule has 4 nitrogen and oxygen atoms in total. The molecule has 96 valence electrons. The Balaban J connectivity index is 2.74. The lowest BCUT2D eigenvalue weighted by atomic mass is 10.2. The third-order valence-electron chi connectivity index (χ3n) is 3.10. The monoisotopic (exact) mass is 268 g/mol. The van der Waals surface area contributed by atoms with Gasteiger partial charge in [-0.25, -0.2) is 0 Å². The molecule has 1 rings (SSSR count). The molecule has 0 amide bonds. The first-order chi connectivity index (χ1) is 7.50. The summed E-state index contributed by atoms with van der Waals surface area (Å²) in [5.41, 5.74) is 0. The Morgan fingerprint density at radius 1 is 1.25 bits per heavy atom. The number of halogens is 1. The summed E-state index contributed by atoms with van der Waals surface area (Å²) in [7, 11) is -1.71. The van der Waals surface area contributed by atoms with Gasteiger partial charge in [0, 0.05) is 32.1 Å². The van der Waals surface area contributed by atoms with E-state index in [2.05, 4.69) is 0 Å². The van der Waals surface area contributed by atoms with Gasteiger partial charge in [-0.05, 0) is 19.8 Å². The van der Waals surface area contributed by atoms with Crippen LogP contribution in [0.5, 0.6) is 0 Å². The molecule has 16 heavy (non-hydrogen) atoms. The van der Waals surface area contributed by atoms with Gasteiger partial charge in [0.25, 0.3) is 10.2 Å². The van der Waals surface area contributed by atoms with Gasteiger partial charge in [-0.1, -0.05) is 12.8 Å². The van der Waals surface area contributed by atoms with Gasteiger partial charge in [0.15, 0.2) is 0 Å². The van der Waals surface area contributed by atoms with Gasteiger partial charge in [0.05, 0.1) is 0 Å². The average molecular weight is 269 g/mol. The Hall–Kier alpha value is 0.160. The van der Waals surface area contributed by atoms with E-state index < -0.39 is 10.2 Å². The maximum Gasteiger partial charge on any atom is 0.282 e. The molecule has 1 saturated heterocycles. The summed E-state index contributed by atoms with van der Waals surface area (Å²) >= 11 is 5.70. The Kier molecular flexibility index (Phi) is 5.50. The zero-order valence-electron chi connectivity index (χ0n) is 10.0. The number of hydrogen-bond acceptors (Lipinski definition) is 2. The maximum atomic E-state index is 12.2. The zero-order chi connectivity index (χ0) is 12.2. The second-order valence-corrected chi connectivity index (χ2v) is 6.64. The molecule has 1 aliphatic heterocycles. The minimum absolute atomic E-state index is 0.157. The highest BCUT2D eigenvalue weighted by Gasteiger charge is 2.29. The molecular weight excluding hydrogens is 248 g/mol. The van der Waals surface area contributed by atoms with E-state index in [9.17, 15) is 8.42 Å². The lowest BCUT2D eigenvalue weighted by molar-refractivity contribution is 0.340. The fraction of sp³-hybridized carbons (Fsp3) is 1.00. The van der Waals surface area contributed by atoms with Crippen molar-refractivity contribution in [2.75, 3.05) is 26.0 Å². The van der Waals surface area contributed by atoms with E-state index >= 15 is 0 Å². The fourth-order valence-electron chi connectivity index (χ4n) is 1.78. The molecule has 1 fully saturated rings. The van der Waals surface area contributed by atoms with Crippen LogP contribution in [0.3, 0.4) is 0 Å². The predicted octanol–water partition coefficient (Wildman–Crippen LogP) is 1.67. The highest BCUT2D eigenvalue weighted by Crippen LogP contribution is 2.17. The highest BCUT2D eigenvalue weighted by atomic mass is 35.5. The Morgan fingerprint density at radius 2 is 1.75 bits per heavy atom. The van der Waals surface area contributed by atoms with E-state index in [1.165, 1.54) is 4.31 Å². The number of alkyl halides is 1. The van der Waals surface area contributed by atoms with E-state index in [1.807, 2.05) is 6.92 Å². The first-order valence-electron chi connectivity index (χ1n) is 5.79. The Morgan fingerprint density at radius 3 is 2.19 bits per heavy atom. The average Bonchev–Trinajstić information content (AvgIpc) is 2.55. The van der Waals surface area contributed by atoms with Crippen LogP contribution in [-0.4, -0.2) is 49.1 Å². The standard InChI is InChI=1S/C10H21ClN2O2S/c1-10(9-11)12(2)16(14,15)13-7-5-3-4-6-8-13/h10H,3-9H2,1-2H3. The minimum atomic E-state index is -3.31. The SMILES string of the molecule is CC(CCl)N(C)S(=O)(=O)N1CCCCCC1. The van der Waals surface area contributed by atoms with Crippen molar-refractivity contribution >= 4 is 21.8 Å². The smallest absolute Gasteiger partial charge is 0.195 e. The Labute approximate surface area is 104 Å². The number of rotatable bonds is 4. The molecule has 0 saturated carbocycles. The van der Waals surface area contributed by atoms with Gasteiger partial charge in [0.1, 0.15) is 0 Å². The molecule has 1 aliphatic rings. The van der Waals surface area contributed by atoms with Crippen LogP contribution in [0.2, 0.25) is 0 Å². The fourth-order valence-corrected chi connectivity index (χ4v) is 3.68. The molecule has 0 aliphatic carbocycles. The predicted molar refractivity (Wildman–Crippen MR) is 66.9 cm³/mol. The zero-order valence-corrected chi connectivity index (χ0v) is 11.6. The third-order valence-corrected chi connectivity index (χ3v) is 5.65. The Bertz CT molecular complexity index is 300. The van der Waals surface area contributed by atoms with Crippen LogP contribution in [0.1, 0.15) is 32.6 Å². The lowest BCUT2D eigenvalue weighted by Crippen LogP contribution is -2.46. The van der Waals surface area contributed by atoms with Crippen molar-refractivity contribution in [3.8, 4) is 0 Å². The minimum Gasteiger partial charge on any atom is -0.195 e. The summed E-state index contributed by atoms with van der Waals surface area (Å²) in [6.45, 7) is 3.10. The summed E-state index contributed by atoms with van der Waals surface area (Å²) in [6.07, 6.45) is 4.17. The molecule has 1 unspecified atom stereocenters.